The second-order valence-electron chi connectivity index (χ2n) is 6.27. The van der Waals surface area contributed by atoms with Crippen molar-refractivity contribution in [3.05, 3.63) is 69.1 Å². The predicted molar refractivity (Wildman–Crippen MR) is 116 cm³/mol. The first-order valence-corrected chi connectivity index (χ1v) is 10.6. The Hall–Kier alpha value is -1.87. The lowest BCUT2D eigenvalue weighted by molar-refractivity contribution is -0.113. The number of aromatic nitrogens is 2. The first kappa shape index (κ1) is 19.9. The van der Waals surface area contributed by atoms with Crippen LogP contribution in [0, 0.1) is 10.5 Å². The Bertz CT molecular complexity index is 915. The van der Waals surface area contributed by atoms with Crippen LogP contribution in [0.25, 0.3) is 0 Å². The molecule has 0 saturated carbocycles. The highest BCUT2D eigenvalue weighted by atomic mass is 127. The number of amides is 1. The van der Waals surface area contributed by atoms with Crippen LogP contribution in [0.3, 0.4) is 0 Å². The molecule has 3 rings (SSSR count). The number of aryl methyl sites for hydroxylation is 1. The molecule has 5 nitrogen and oxygen atoms in total. The van der Waals surface area contributed by atoms with Crippen molar-refractivity contribution in [2.75, 3.05) is 11.1 Å². The van der Waals surface area contributed by atoms with Gasteiger partial charge < -0.3 is 9.73 Å². The molecule has 1 atom stereocenters. The highest BCUT2D eigenvalue weighted by Crippen LogP contribution is 2.23. The molecule has 140 valence electrons. The maximum absolute atomic E-state index is 12.2. The largest absolute Gasteiger partial charge is 0.416 e. The summed E-state index contributed by atoms with van der Waals surface area (Å²) in [5.74, 6) is 1.00. The predicted octanol–water partition coefficient (Wildman–Crippen LogP) is 5.06. The van der Waals surface area contributed by atoms with E-state index in [-0.39, 0.29) is 17.6 Å². The Morgan fingerprint density at radius 1 is 1.22 bits per heavy atom. The van der Waals surface area contributed by atoms with Gasteiger partial charge in [0.1, 0.15) is 0 Å². The molecule has 0 fully saturated rings. The van der Waals surface area contributed by atoms with Gasteiger partial charge in [0.15, 0.2) is 0 Å². The van der Waals surface area contributed by atoms with Gasteiger partial charge in [-0.25, -0.2) is 0 Å². The summed E-state index contributed by atoms with van der Waals surface area (Å²) in [6.07, 6.45) is 0.672. The molecule has 1 N–H and O–H groups in total. The number of rotatable bonds is 7. The molecule has 3 aromatic rings. The van der Waals surface area contributed by atoms with E-state index >= 15 is 0 Å². The average Bonchev–Trinajstić information content (AvgIpc) is 3.10. The molecular formula is C20H20IN3O2S. The normalized spacial score (nSPS) is 12.0. The van der Waals surface area contributed by atoms with E-state index in [1.807, 2.05) is 43.3 Å². The number of halogens is 1. The van der Waals surface area contributed by atoms with Crippen LogP contribution >= 0.6 is 34.4 Å². The number of hydrogen-bond acceptors (Lipinski definition) is 5. The molecular weight excluding hydrogens is 473 g/mol. The zero-order chi connectivity index (χ0) is 19.2. The fourth-order valence-electron chi connectivity index (χ4n) is 2.62. The Morgan fingerprint density at radius 2 is 2.00 bits per heavy atom. The highest BCUT2D eigenvalue weighted by molar-refractivity contribution is 14.1. The molecule has 2 aromatic carbocycles. The van der Waals surface area contributed by atoms with Gasteiger partial charge in [0.2, 0.25) is 11.8 Å². The maximum atomic E-state index is 12.2. The van der Waals surface area contributed by atoms with Crippen LogP contribution in [-0.4, -0.2) is 21.9 Å². The van der Waals surface area contributed by atoms with Crippen molar-refractivity contribution in [1.29, 1.82) is 0 Å². The third-order valence-corrected chi connectivity index (χ3v) is 5.58. The fourth-order valence-corrected chi connectivity index (χ4v) is 3.85. The van der Waals surface area contributed by atoms with E-state index in [1.165, 1.54) is 17.3 Å². The van der Waals surface area contributed by atoms with Crippen molar-refractivity contribution in [3.8, 4) is 0 Å². The van der Waals surface area contributed by atoms with Gasteiger partial charge in [0, 0.05) is 15.7 Å². The molecule has 1 aromatic heterocycles. The standard InChI is InChI=1S/C20H20IN3O2S/c1-13(15-6-4-3-5-7-15)11-19-23-24-20(26-19)27-12-18(25)22-17-9-8-16(21)10-14(17)2/h3-10,13H,11-12H2,1-2H3,(H,22,25). The van der Waals surface area contributed by atoms with Crippen LogP contribution in [-0.2, 0) is 11.2 Å². The lowest BCUT2D eigenvalue weighted by atomic mass is 9.98. The summed E-state index contributed by atoms with van der Waals surface area (Å²) in [7, 11) is 0. The number of carbonyl (C=O) groups excluding carboxylic acids is 1. The van der Waals surface area contributed by atoms with E-state index in [0.717, 1.165) is 14.8 Å². The molecule has 0 aliphatic heterocycles. The summed E-state index contributed by atoms with van der Waals surface area (Å²) in [5, 5.41) is 11.5. The van der Waals surface area contributed by atoms with Crippen molar-refractivity contribution in [2.45, 2.75) is 31.4 Å². The number of nitrogens with zero attached hydrogens (tertiary/aromatic N) is 2. The van der Waals surface area contributed by atoms with E-state index in [2.05, 4.69) is 57.2 Å². The minimum Gasteiger partial charge on any atom is -0.416 e. The van der Waals surface area contributed by atoms with Crippen molar-refractivity contribution in [3.63, 3.8) is 0 Å². The summed E-state index contributed by atoms with van der Waals surface area (Å²) in [6.45, 7) is 4.10. The molecule has 0 saturated heterocycles. The number of hydrogen-bond donors (Lipinski definition) is 1. The molecule has 0 radical (unpaired) electrons. The first-order valence-electron chi connectivity index (χ1n) is 8.57. The van der Waals surface area contributed by atoms with E-state index in [4.69, 9.17) is 4.42 Å². The van der Waals surface area contributed by atoms with Gasteiger partial charge in [-0.15, -0.1) is 10.2 Å². The van der Waals surface area contributed by atoms with Gasteiger partial charge in [0.05, 0.1) is 5.75 Å². The molecule has 7 heteroatoms. The van der Waals surface area contributed by atoms with Crippen LogP contribution in [0.4, 0.5) is 5.69 Å². The Labute approximate surface area is 176 Å². The van der Waals surface area contributed by atoms with Crippen LogP contribution in [0.2, 0.25) is 0 Å². The summed E-state index contributed by atoms with van der Waals surface area (Å²) in [6, 6.07) is 16.1. The van der Waals surface area contributed by atoms with Crippen molar-refractivity contribution in [2.24, 2.45) is 0 Å². The van der Waals surface area contributed by atoms with Gasteiger partial charge in [0.25, 0.3) is 5.22 Å². The molecule has 0 spiro atoms. The van der Waals surface area contributed by atoms with Gasteiger partial charge in [-0.1, -0.05) is 49.0 Å². The molecule has 0 aliphatic rings. The second-order valence-corrected chi connectivity index (χ2v) is 8.45. The zero-order valence-electron chi connectivity index (χ0n) is 15.1. The minimum atomic E-state index is -0.0956. The summed E-state index contributed by atoms with van der Waals surface area (Å²) in [4.78, 5) is 12.2. The third kappa shape index (κ3) is 5.80. The van der Waals surface area contributed by atoms with Crippen LogP contribution in [0.15, 0.2) is 58.2 Å². The maximum Gasteiger partial charge on any atom is 0.277 e. The smallest absolute Gasteiger partial charge is 0.277 e. The molecule has 1 unspecified atom stereocenters. The van der Waals surface area contributed by atoms with Crippen molar-refractivity contribution in [1.82, 2.24) is 10.2 Å². The van der Waals surface area contributed by atoms with Crippen molar-refractivity contribution < 1.29 is 9.21 Å². The van der Waals surface area contributed by atoms with Crippen LogP contribution < -0.4 is 5.32 Å². The monoisotopic (exact) mass is 493 g/mol. The SMILES string of the molecule is Cc1cc(I)ccc1NC(=O)CSc1nnc(CC(C)c2ccccc2)o1. The lowest BCUT2D eigenvalue weighted by Gasteiger charge is -2.08. The summed E-state index contributed by atoms with van der Waals surface area (Å²) >= 11 is 3.50. The summed E-state index contributed by atoms with van der Waals surface area (Å²) < 4.78 is 6.82. The van der Waals surface area contributed by atoms with Crippen LogP contribution in [0.5, 0.6) is 0 Å². The Balaban J connectivity index is 1.51. The Morgan fingerprint density at radius 3 is 2.74 bits per heavy atom. The second kappa shape index (κ2) is 9.36. The molecule has 27 heavy (non-hydrogen) atoms. The number of benzene rings is 2. The van der Waals surface area contributed by atoms with E-state index in [9.17, 15) is 4.79 Å². The fraction of sp³-hybridized carbons (Fsp3) is 0.250. The topological polar surface area (TPSA) is 68.0 Å². The molecule has 0 aliphatic carbocycles. The first-order chi connectivity index (χ1) is 13.0. The van der Waals surface area contributed by atoms with Gasteiger partial charge in [-0.05, 0) is 64.8 Å². The number of nitrogens with one attached hydrogen (secondary N) is 1. The van der Waals surface area contributed by atoms with Crippen LogP contribution in [0.1, 0.15) is 29.9 Å². The Kier molecular flexibility index (Phi) is 6.89. The molecule has 1 amide bonds. The van der Waals surface area contributed by atoms with Gasteiger partial charge in [-0.3, -0.25) is 4.79 Å². The van der Waals surface area contributed by atoms with E-state index in [1.54, 1.807) is 0 Å². The van der Waals surface area contributed by atoms with Gasteiger partial charge in [-0.2, -0.15) is 0 Å². The molecule has 1 heterocycles. The quantitative estimate of drug-likeness (QED) is 0.368. The van der Waals surface area contributed by atoms with Crippen molar-refractivity contribution >= 4 is 45.9 Å². The number of thioether (sulfide) groups is 1. The number of carbonyl (C=O) groups is 1. The average molecular weight is 493 g/mol. The zero-order valence-corrected chi connectivity index (χ0v) is 18.1. The molecule has 0 bridgehead atoms. The minimum absolute atomic E-state index is 0.0956. The summed E-state index contributed by atoms with van der Waals surface area (Å²) in [5.41, 5.74) is 3.09. The van der Waals surface area contributed by atoms with E-state index in [0.29, 0.717) is 17.5 Å². The number of anilines is 1. The highest BCUT2D eigenvalue weighted by Gasteiger charge is 2.14. The third-order valence-electron chi connectivity index (χ3n) is 4.09. The van der Waals surface area contributed by atoms with E-state index < -0.39 is 0 Å². The van der Waals surface area contributed by atoms with Gasteiger partial charge >= 0.3 is 0 Å². The lowest BCUT2D eigenvalue weighted by Crippen LogP contribution is -2.14.